The van der Waals surface area contributed by atoms with E-state index < -0.39 is 0 Å². The second-order valence-electron chi connectivity index (χ2n) is 3.75. The van der Waals surface area contributed by atoms with Gasteiger partial charge in [-0.15, -0.1) is 11.3 Å². The topological polar surface area (TPSA) is 43.7 Å². The molecule has 1 heterocycles. The number of hydrogen-bond acceptors (Lipinski definition) is 4. The van der Waals surface area contributed by atoms with Crippen molar-refractivity contribution in [2.24, 2.45) is 0 Å². The Labute approximate surface area is 109 Å². The fourth-order valence-corrected chi connectivity index (χ4v) is 3.20. The summed E-state index contributed by atoms with van der Waals surface area (Å²) in [7, 11) is 0. The lowest BCUT2D eigenvalue weighted by Crippen LogP contribution is -2.27. The molecular weight excluding hydrogens is 290 g/mol. The van der Waals surface area contributed by atoms with Gasteiger partial charge in [0, 0.05) is 31.1 Å². The zero-order chi connectivity index (χ0) is 12.0. The number of thiophene rings is 1. The van der Waals surface area contributed by atoms with E-state index in [4.69, 9.17) is 10.2 Å². The second kappa shape index (κ2) is 7.40. The van der Waals surface area contributed by atoms with E-state index in [1.807, 2.05) is 0 Å². The van der Waals surface area contributed by atoms with Crippen LogP contribution in [0, 0.1) is 6.92 Å². The van der Waals surface area contributed by atoms with Crippen LogP contribution in [0.15, 0.2) is 9.85 Å². The molecule has 1 aromatic rings. The molecule has 16 heavy (non-hydrogen) atoms. The van der Waals surface area contributed by atoms with Gasteiger partial charge in [0.2, 0.25) is 0 Å². The summed E-state index contributed by atoms with van der Waals surface area (Å²) in [5, 5.41) is 17.8. The van der Waals surface area contributed by atoms with Crippen molar-refractivity contribution in [1.82, 2.24) is 4.90 Å². The van der Waals surface area contributed by atoms with Crippen LogP contribution < -0.4 is 0 Å². The summed E-state index contributed by atoms with van der Waals surface area (Å²) in [4.78, 5) is 3.45. The fraction of sp³-hybridized carbons (Fsp3) is 0.636. The molecule has 0 saturated carbocycles. The number of aliphatic hydroxyl groups is 2. The first kappa shape index (κ1) is 14.1. The van der Waals surface area contributed by atoms with Gasteiger partial charge < -0.3 is 10.2 Å². The van der Waals surface area contributed by atoms with Crippen LogP contribution in [0.5, 0.6) is 0 Å². The van der Waals surface area contributed by atoms with E-state index in [1.54, 1.807) is 11.3 Å². The van der Waals surface area contributed by atoms with Crippen molar-refractivity contribution in [3.8, 4) is 0 Å². The standard InChI is InChI=1S/C11H18BrNO2S/c1-9-7-10(16-11(9)12)8-13(4-6-15)3-2-5-14/h7,14-15H,2-6,8H2,1H3. The summed E-state index contributed by atoms with van der Waals surface area (Å²) in [6, 6.07) is 2.16. The van der Waals surface area contributed by atoms with Gasteiger partial charge in [-0.3, -0.25) is 4.90 Å². The third-order valence-electron chi connectivity index (χ3n) is 2.34. The van der Waals surface area contributed by atoms with Crippen molar-refractivity contribution in [2.75, 3.05) is 26.3 Å². The van der Waals surface area contributed by atoms with Gasteiger partial charge in [-0.05, 0) is 40.9 Å². The molecule has 0 spiro atoms. The number of rotatable bonds is 7. The lowest BCUT2D eigenvalue weighted by atomic mass is 10.3. The highest BCUT2D eigenvalue weighted by Gasteiger charge is 2.08. The number of aryl methyl sites for hydroxylation is 1. The minimum Gasteiger partial charge on any atom is -0.396 e. The Hall–Kier alpha value is 0.0600. The molecule has 0 saturated heterocycles. The fourth-order valence-electron chi connectivity index (χ4n) is 1.53. The molecule has 0 fully saturated rings. The highest BCUT2D eigenvalue weighted by molar-refractivity contribution is 9.11. The minimum atomic E-state index is 0.164. The second-order valence-corrected chi connectivity index (χ2v) is 6.20. The normalized spacial score (nSPS) is 11.3. The Kier molecular flexibility index (Phi) is 6.53. The Bertz CT molecular complexity index is 297. The first-order valence-electron chi connectivity index (χ1n) is 5.36. The number of hydrogen-bond donors (Lipinski definition) is 2. The van der Waals surface area contributed by atoms with Gasteiger partial charge in [0.05, 0.1) is 10.4 Å². The van der Waals surface area contributed by atoms with E-state index >= 15 is 0 Å². The van der Waals surface area contributed by atoms with Gasteiger partial charge in [0.15, 0.2) is 0 Å². The molecule has 0 atom stereocenters. The maximum Gasteiger partial charge on any atom is 0.0730 e. The summed E-state index contributed by atoms with van der Waals surface area (Å²) < 4.78 is 1.17. The minimum absolute atomic E-state index is 0.164. The van der Waals surface area contributed by atoms with Crippen LogP contribution in [-0.2, 0) is 6.54 Å². The van der Waals surface area contributed by atoms with Crippen LogP contribution in [0.25, 0.3) is 0 Å². The average molecular weight is 308 g/mol. The van der Waals surface area contributed by atoms with Crippen LogP contribution in [0.1, 0.15) is 16.9 Å². The number of halogens is 1. The van der Waals surface area contributed by atoms with Gasteiger partial charge in [-0.1, -0.05) is 0 Å². The van der Waals surface area contributed by atoms with Gasteiger partial charge in [-0.25, -0.2) is 0 Å². The molecule has 0 radical (unpaired) electrons. The van der Waals surface area contributed by atoms with Crippen molar-refractivity contribution in [2.45, 2.75) is 19.9 Å². The molecule has 92 valence electrons. The Morgan fingerprint density at radius 1 is 1.31 bits per heavy atom. The zero-order valence-corrected chi connectivity index (χ0v) is 11.9. The first-order chi connectivity index (χ1) is 7.67. The summed E-state index contributed by atoms with van der Waals surface area (Å²) in [5.41, 5.74) is 1.26. The van der Waals surface area contributed by atoms with Crippen molar-refractivity contribution in [3.05, 3.63) is 20.3 Å². The summed E-state index contributed by atoms with van der Waals surface area (Å²) >= 11 is 5.24. The predicted octanol–water partition coefficient (Wildman–Crippen LogP) is 2.00. The summed E-state index contributed by atoms with van der Waals surface area (Å²) in [6.07, 6.45) is 0.755. The Morgan fingerprint density at radius 3 is 2.56 bits per heavy atom. The highest BCUT2D eigenvalue weighted by atomic mass is 79.9. The van der Waals surface area contributed by atoms with E-state index in [-0.39, 0.29) is 13.2 Å². The molecule has 0 aliphatic rings. The van der Waals surface area contributed by atoms with Gasteiger partial charge in [-0.2, -0.15) is 0 Å². The van der Waals surface area contributed by atoms with E-state index in [0.717, 1.165) is 19.5 Å². The molecule has 0 unspecified atom stereocenters. The molecule has 2 N–H and O–H groups in total. The molecular formula is C11H18BrNO2S. The lowest BCUT2D eigenvalue weighted by molar-refractivity contribution is 0.175. The van der Waals surface area contributed by atoms with Crippen molar-refractivity contribution in [1.29, 1.82) is 0 Å². The highest BCUT2D eigenvalue weighted by Crippen LogP contribution is 2.28. The summed E-state index contributed by atoms with van der Waals surface area (Å²) in [5.74, 6) is 0. The SMILES string of the molecule is Cc1cc(CN(CCO)CCCO)sc1Br. The third-order valence-corrected chi connectivity index (χ3v) is 4.46. The Balaban J connectivity index is 2.52. The van der Waals surface area contributed by atoms with Gasteiger partial charge in [0.1, 0.15) is 0 Å². The van der Waals surface area contributed by atoms with Gasteiger partial charge >= 0.3 is 0 Å². The molecule has 0 amide bonds. The molecule has 1 rings (SSSR count). The lowest BCUT2D eigenvalue weighted by Gasteiger charge is -2.19. The van der Waals surface area contributed by atoms with Crippen LogP contribution in [-0.4, -0.2) is 41.4 Å². The maximum atomic E-state index is 8.96. The van der Waals surface area contributed by atoms with Crippen LogP contribution in [0.4, 0.5) is 0 Å². The molecule has 3 nitrogen and oxygen atoms in total. The summed E-state index contributed by atoms with van der Waals surface area (Å²) in [6.45, 7) is 4.78. The van der Waals surface area contributed by atoms with E-state index in [2.05, 4.69) is 33.8 Å². The van der Waals surface area contributed by atoms with E-state index in [9.17, 15) is 0 Å². The van der Waals surface area contributed by atoms with E-state index in [1.165, 1.54) is 14.2 Å². The molecule has 0 bridgehead atoms. The monoisotopic (exact) mass is 307 g/mol. The molecule has 0 aliphatic heterocycles. The van der Waals surface area contributed by atoms with Crippen molar-refractivity contribution >= 4 is 27.3 Å². The molecule has 0 aromatic carbocycles. The maximum absolute atomic E-state index is 8.96. The third kappa shape index (κ3) is 4.51. The zero-order valence-electron chi connectivity index (χ0n) is 9.45. The molecule has 1 aromatic heterocycles. The quantitative estimate of drug-likeness (QED) is 0.810. The smallest absolute Gasteiger partial charge is 0.0730 e. The van der Waals surface area contributed by atoms with Crippen LogP contribution in [0.3, 0.4) is 0 Å². The van der Waals surface area contributed by atoms with Crippen LogP contribution >= 0.6 is 27.3 Å². The number of aliphatic hydroxyl groups excluding tert-OH is 2. The first-order valence-corrected chi connectivity index (χ1v) is 6.97. The largest absolute Gasteiger partial charge is 0.396 e. The average Bonchev–Trinajstić information content (AvgIpc) is 2.55. The Morgan fingerprint density at radius 2 is 2.06 bits per heavy atom. The number of nitrogens with zero attached hydrogens (tertiary/aromatic N) is 1. The molecule has 0 aliphatic carbocycles. The van der Waals surface area contributed by atoms with Gasteiger partial charge in [0.25, 0.3) is 0 Å². The predicted molar refractivity (Wildman–Crippen MR) is 70.8 cm³/mol. The molecule has 5 heteroatoms. The van der Waals surface area contributed by atoms with E-state index in [0.29, 0.717) is 6.54 Å². The van der Waals surface area contributed by atoms with Crippen molar-refractivity contribution < 1.29 is 10.2 Å². The van der Waals surface area contributed by atoms with Crippen molar-refractivity contribution in [3.63, 3.8) is 0 Å². The van der Waals surface area contributed by atoms with Crippen LogP contribution in [0.2, 0.25) is 0 Å².